The molecular formula is C22H33N3O2S. The maximum atomic E-state index is 10.6. The van der Waals surface area contributed by atoms with Gasteiger partial charge in [0, 0.05) is 42.9 Å². The Morgan fingerprint density at radius 2 is 2.07 bits per heavy atom. The number of benzene rings is 1. The first-order chi connectivity index (χ1) is 13.7. The molecule has 0 spiro atoms. The summed E-state index contributed by atoms with van der Waals surface area (Å²) in [6, 6.07) is 10.3. The molecule has 1 fully saturated rings. The molecule has 1 heterocycles. The van der Waals surface area contributed by atoms with E-state index in [2.05, 4.69) is 33.8 Å². The van der Waals surface area contributed by atoms with E-state index in [1.807, 2.05) is 19.1 Å². The summed E-state index contributed by atoms with van der Waals surface area (Å²) in [6.45, 7) is 5.00. The van der Waals surface area contributed by atoms with Gasteiger partial charge in [0.15, 0.2) is 5.96 Å². The van der Waals surface area contributed by atoms with Gasteiger partial charge >= 0.3 is 0 Å². The largest absolute Gasteiger partial charge is 0.386 e. The molecule has 0 bridgehead atoms. The molecule has 0 radical (unpaired) electrons. The maximum absolute atomic E-state index is 10.6. The van der Waals surface area contributed by atoms with Crippen LogP contribution >= 0.6 is 11.3 Å². The second kappa shape index (κ2) is 10.2. The molecule has 1 aliphatic rings. The summed E-state index contributed by atoms with van der Waals surface area (Å²) >= 11 is 1.64. The minimum absolute atomic E-state index is 0.302. The number of guanidine groups is 1. The Kier molecular flexibility index (Phi) is 7.71. The van der Waals surface area contributed by atoms with E-state index in [0.717, 1.165) is 37.0 Å². The fraction of sp³-hybridized carbons (Fsp3) is 0.591. The highest BCUT2D eigenvalue weighted by Gasteiger charge is 2.33. The average Bonchev–Trinajstić information content (AvgIpc) is 3.35. The zero-order chi connectivity index (χ0) is 19.8. The minimum atomic E-state index is -0.547. The number of hydrogen-bond acceptors (Lipinski definition) is 4. The van der Waals surface area contributed by atoms with Crippen molar-refractivity contribution in [1.29, 1.82) is 0 Å². The maximum Gasteiger partial charge on any atom is 0.191 e. The van der Waals surface area contributed by atoms with Crippen LogP contribution in [-0.4, -0.2) is 44.4 Å². The Morgan fingerprint density at radius 3 is 2.79 bits per heavy atom. The third kappa shape index (κ3) is 5.46. The van der Waals surface area contributed by atoms with Crippen LogP contribution in [0.4, 0.5) is 0 Å². The topological polar surface area (TPSA) is 65.9 Å². The normalized spacial score (nSPS) is 17.8. The van der Waals surface area contributed by atoms with Crippen LogP contribution in [0.15, 0.2) is 35.3 Å². The van der Waals surface area contributed by atoms with Gasteiger partial charge in [-0.25, -0.2) is 0 Å². The summed E-state index contributed by atoms with van der Waals surface area (Å²) < 4.78 is 6.81. The van der Waals surface area contributed by atoms with Crippen LogP contribution in [0.3, 0.4) is 0 Å². The zero-order valence-electron chi connectivity index (χ0n) is 17.0. The van der Waals surface area contributed by atoms with Crippen molar-refractivity contribution in [3.8, 4) is 0 Å². The van der Waals surface area contributed by atoms with Crippen LogP contribution in [0, 0.1) is 5.41 Å². The molecule has 3 N–H and O–H groups in total. The number of rotatable bonds is 9. The van der Waals surface area contributed by atoms with Gasteiger partial charge in [0.25, 0.3) is 0 Å². The van der Waals surface area contributed by atoms with E-state index in [-0.39, 0.29) is 0 Å². The Labute approximate surface area is 172 Å². The SMILES string of the molecule is CCOCCC1(CNC(=NC)NCC(O)c2cc3ccccc3s2)CCCC1. The first kappa shape index (κ1) is 21.1. The highest BCUT2D eigenvalue weighted by atomic mass is 32.1. The number of ether oxygens (including phenoxy) is 1. The molecule has 1 atom stereocenters. The van der Waals surface area contributed by atoms with Crippen molar-refractivity contribution in [2.24, 2.45) is 10.4 Å². The van der Waals surface area contributed by atoms with Crippen molar-refractivity contribution in [2.45, 2.75) is 45.1 Å². The zero-order valence-corrected chi connectivity index (χ0v) is 17.9. The van der Waals surface area contributed by atoms with Crippen molar-refractivity contribution in [3.05, 3.63) is 35.2 Å². The molecule has 0 saturated heterocycles. The molecular weight excluding hydrogens is 370 g/mol. The van der Waals surface area contributed by atoms with Crippen LogP contribution in [0.2, 0.25) is 0 Å². The number of nitrogens with zero attached hydrogens (tertiary/aromatic N) is 1. The summed E-state index contributed by atoms with van der Waals surface area (Å²) in [5, 5.41) is 18.5. The van der Waals surface area contributed by atoms with E-state index in [9.17, 15) is 5.11 Å². The van der Waals surface area contributed by atoms with E-state index in [4.69, 9.17) is 4.74 Å². The van der Waals surface area contributed by atoms with Gasteiger partial charge in [-0.2, -0.15) is 0 Å². The van der Waals surface area contributed by atoms with Gasteiger partial charge in [0.05, 0.1) is 0 Å². The summed E-state index contributed by atoms with van der Waals surface area (Å²) in [5.74, 6) is 0.753. The number of aliphatic imine (C=N–C) groups is 1. The van der Waals surface area contributed by atoms with Crippen molar-refractivity contribution >= 4 is 27.4 Å². The molecule has 28 heavy (non-hydrogen) atoms. The average molecular weight is 404 g/mol. The van der Waals surface area contributed by atoms with Gasteiger partial charge < -0.3 is 20.5 Å². The third-order valence-electron chi connectivity index (χ3n) is 5.74. The summed E-state index contributed by atoms with van der Waals surface area (Å²) in [6.07, 6.45) is 5.63. The monoisotopic (exact) mass is 403 g/mol. The smallest absolute Gasteiger partial charge is 0.191 e. The van der Waals surface area contributed by atoms with Gasteiger partial charge in [0.1, 0.15) is 6.10 Å². The number of aliphatic hydroxyl groups excluding tert-OH is 1. The molecule has 1 saturated carbocycles. The van der Waals surface area contributed by atoms with Crippen molar-refractivity contribution in [3.63, 3.8) is 0 Å². The predicted molar refractivity (Wildman–Crippen MR) is 118 cm³/mol. The van der Waals surface area contributed by atoms with Crippen LogP contribution in [0.25, 0.3) is 10.1 Å². The highest BCUT2D eigenvalue weighted by Crippen LogP contribution is 2.40. The lowest BCUT2D eigenvalue weighted by atomic mass is 9.83. The number of fused-ring (bicyclic) bond motifs is 1. The van der Waals surface area contributed by atoms with Crippen LogP contribution in [-0.2, 0) is 4.74 Å². The molecule has 6 heteroatoms. The lowest BCUT2D eigenvalue weighted by Crippen LogP contribution is -2.44. The van der Waals surface area contributed by atoms with Crippen molar-refractivity contribution < 1.29 is 9.84 Å². The van der Waals surface area contributed by atoms with E-state index < -0.39 is 6.10 Å². The molecule has 3 rings (SSSR count). The van der Waals surface area contributed by atoms with Gasteiger partial charge in [-0.05, 0) is 49.1 Å². The lowest BCUT2D eigenvalue weighted by molar-refractivity contribution is 0.105. The third-order valence-corrected chi connectivity index (χ3v) is 6.95. The minimum Gasteiger partial charge on any atom is -0.386 e. The molecule has 1 aromatic heterocycles. The Hall–Kier alpha value is -1.63. The van der Waals surface area contributed by atoms with E-state index in [1.165, 1.54) is 35.8 Å². The fourth-order valence-electron chi connectivity index (χ4n) is 4.03. The number of hydrogen-bond donors (Lipinski definition) is 3. The quantitative estimate of drug-likeness (QED) is 0.335. The Balaban J connectivity index is 1.51. The summed E-state index contributed by atoms with van der Waals surface area (Å²) in [5.41, 5.74) is 0.302. The van der Waals surface area contributed by atoms with E-state index in [1.54, 1.807) is 18.4 Å². The Bertz CT molecular complexity index is 735. The second-order valence-electron chi connectivity index (χ2n) is 7.66. The molecule has 0 aliphatic heterocycles. The molecule has 1 aromatic carbocycles. The van der Waals surface area contributed by atoms with Gasteiger partial charge in [0.2, 0.25) is 0 Å². The molecule has 1 aliphatic carbocycles. The van der Waals surface area contributed by atoms with E-state index >= 15 is 0 Å². The lowest BCUT2D eigenvalue weighted by Gasteiger charge is -2.30. The second-order valence-corrected chi connectivity index (χ2v) is 8.78. The molecule has 5 nitrogen and oxygen atoms in total. The standard InChI is InChI=1S/C22H33N3O2S/c1-3-27-13-12-22(10-6-7-11-22)16-25-21(23-2)24-15-18(26)20-14-17-8-4-5-9-19(17)28-20/h4-5,8-9,14,18,26H,3,6-7,10-13,15-16H2,1-2H3,(H2,23,24,25). The first-order valence-electron chi connectivity index (χ1n) is 10.3. The Morgan fingerprint density at radius 1 is 1.29 bits per heavy atom. The van der Waals surface area contributed by atoms with E-state index in [0.29, 0.717) is 12.0 Å². The summed E-state index contributed by atoms with van der Waals surface area (Å²) in [7, 11) is 1.78. The summed E-state index contributed by atoms with van der Waals surface area (Å²) in [4.78, 5) is 5.32. The van der Waals surface area contributed by atoms with Crippen LogP contribution in [0.5, 0.6) is 0 Å². The van der Waals surface area contributed by atoms with Gasteiger partial charge in [-0.15, -0.1) is 11.3 Å². The number of aliphatic hydroxyl groups is 1. The molecule has 2 aromatic rings. The number of nitrogens with one attached hydrogen (secondary N) is 2. The number of thiophene rings is 1. The predicted octanol–water partition coefficient (Wildman–Crippen LogP) is 4.09. The highest BCUT2D eigenvalue weighted by molar-refractivity contribution is 7.19. The van der Waals surface area contributed by atoms with Gasteiger partial charge in [-0.1, -0.05) is 31.0 Å². The van der Waals surface area contributed by atoms with Crippen LogP contribution < -0.4 is 10.6 Å². The molecule has 154 valence electrons. The molecule has 1 unspecified atom stereocenters. The first-order valence-corrected chi connectivity index (χ1v) is 11.2. The van der Waals surface area contributed by atoms with Crippen molar-refractivity contribution in [1.82, 2.24) is 10.6 Å². The van der Waals surface area contributed by atoms with Crippen molar-refractivity contribution in [2.75, 3.05) is 33.4 Å². The molecule has 0 amide bonds. The van der Waals surface area contributed by atoms with Crippen LogP contribution in [0.1, 0.15) is 50.0 Å². The fourth-order valence-corrected chi connectivity index (χ4v) is 5.08. The van der Waals surface area contributed by atoms with Gasteiger partial charge in [-0.3, -0.25) is 4.99 Å².